The third kappa shape index (κ3) is 2.54. The molecule has 3 amide bonds. The Labute approximate surface area is 125 Å². The molecular formula is C14H24N4O3. The number of amides is 3. The van der Waals surface area contributed by atoms with Crippen molar-refractivity contribution in [3.8, 4) is 0 Å². The van der Waals surface area contributed by atoms with Crippen molar-refractivity contribution in [3.63, 3.8) is 0 Å². The van der Waals surface area contributed by atoms with Gasteiger partial charge in [0.1, 0.15) is 0 Å². The highest BCUT2D eigenvalue weighted by atomic mass is 16.4. The Hall–Kier alpha value is -1.50. The summed E-state index contributed by atoms with van der Waals surface area (Å²) in [5, 5.41) is 8.95. The predicted molar refractivity (Wildman–Crippen MR) is 77.3 cm³/mol. The molecule has 118 valence electrons. The lowest BCUT2D eigenvalue weighted by Crippen LogP contribution is -2.73. The quantitative estimate of drug-likeness (QED) is 0.768. The number of nitrogens with zero attached hydrogens (tertiary/aromatic N) is 4. The van der Waals surface area contributed by atoms with Crippen LogP contribution in [0.2, 0.25) is 0 Å². The second kappa shape index (κ2) is 5.36. The molecule has 0 saturated carbocycles. The van der Waals surface area contributed by atoms with Gasteiger partial charge in [0, 0.05) is 57.4 Å². The number of carbonyl (C=O) groups excluding carboxylic acids is 1. The summed E-state index contributed by atoms with van der Waals surface area (Å²) in [7, 11) is 0. The highest BCUT2D eigenvalue weighted by Gasteiger charge is 2.48. The van der Waals surface area contributed by atoms with E-state index in [0.29, 0.717) is 44.3 Å². The van der Waals surface area contributed by atoms with Gasteiger partial charge in [-0.2, -0.15) is 0 Å². The molecule has 0 aromatic rings. The molecule has 0 aliphatic carbocycles. The van der Waals surface area contributed by atoms with Crippen molar-refractivity contribution in [1.82, 2.24) is 19.6 Å². The third-order valence-corrected chi connectivity index (χ3v) is 4.99. The molecule has 2 atom stereocenters. The summed E-state index contributed by atoms with van der Waals surface area (Å²) in [6.07, 6.45) is 0.222. The molecule has 4 saturated heterocycles. The molecule has 2 unspecified atom stereocenters. The Kier molecular flexibility index (Phi) is 3.69. The van der Waals surface area contributed by atoms with Gasteiger partial charge in [-0.25, -0.2) is 9.59 Å². The maximum absolute atomic E-state index is 12.6. The zero-order chi connectivity index (χ0) is 15.1. The molecule has 2 bridgehead atoms. The Bertz CT molecular complexity index is 422. The number of hydrogen-bond donors (Lipinski definition) is 1. The van der Waals surface area contributed by atoms with Crippen LogP contribution in [0.15, 0.2) is 0 Å². The van der Waals surface area contributed by atoms with Gasteiger partial charge in [0.15, 0.2) is 0 Å². The average Bonchev–Trinajstić information content (AvgIpc) is 2.47. The van der Waals surface area contributed by atoms with Gasteiger partial charge < -0.3 is 19.8 Å². The molecule has 4 fully saturated rings. The second-order valence-corrected chi connectivity index (χ2v) is 6.54. The number of fused-ring (bicyclic) bond motifs is 2. The molecule has 0 radical (unpaired) electrons. The summed E-state index contributed by atoms with van der Waals surface area (Å²) in [6.45, 7) is 8.18. The van der Waals surface area contributed by atoms with Gasteiger partial charge in [-0.3, -0.25) is 4.90 Å². The molecule has 4 aliphatic rings. The lowest BCUT2D eigenvalue weighted by molar-refractivity contribution is -0.0573. The van der Waals surface area contributed by atoms with Crippen LogP contribution >= 0.6 is 0 Å². The monoisotopic (exact) mass is 296 g/mol. The number of carbonyl (C=O) groups is 2. The second-order valence-electron chi connectivity index (χ2n) is 6.54. The smallest absolute Gasteiger partial charge is 0.407 e. The minimum atomic E-state index is -0.893. The summed E-state index contributed by atoms with van der Waals surface area (Å²) in [6, 6.07) is 1.32. The molecule has 4 aliphatic heterocycles. The topological polar surface area (TPSA) is 67.3 Å². The maximum Gasteiger partial charge on any atom is 0.407 e. The minimum Gasteiger partial charge on any atom is -0.465 e. The van der Waals surface area contributed by atoms with E-state index in [1.54, 1.807) is 0 Å². The van der Waals surface area contributed by atoms with Crippen LogP contribution in [0.1, 0.15) is 20.3 Å². The molecule has 1 N–H and O–H groups in total. The number of hydrogen-bond acceptors (Lipinski definition) is 3. The molecule has 4 rings (SSSR count). The van der Waals surface area contributed by atoms with Crippen molar-refractivity contribution in [2.45, 2.75) is 38.4 Å². The number of urea groups is 1. The summed E-state index contributed by atoms with van der Waals surface area (Å²) in [5.74, 6) is 0. The fourth-order valence-corrected chi connectivity index (χ4v) is 3.63. The largest absolute Gasteiger partial charge is 0.465 e. The van der Waals surface area contributed by atoms with Crippen molar-refractivity contribution < 1.29 is 14.7 Å². The number of rotatable bonds is 1. The Morgan fingerprint density at radius 2 is 1.52 bits per heavy atom. The molecule has 7 heteroatoms. The first kappa shape index (κ1) is 14.4. The standard InChI is InChI=1S/C14H24N4O3/c1-10(2)17-8-11-7-12(9-17)18(11)13(19)15-3-5-16(6-4-15)14(20)21/h10-12H,3-9H2,1-2H3,(H,20,21). The molecule has 7 nitrogen and oxygen atoms in total. The molecule has 4 heterocycles. The van der Waals surface area contributed by atoms with Crippen LogP contribution in [0, 0.1) is 0 Å². The van der Waals surface area contributed by atoms with Crippen LogP contribution in [0.3, 0.4) is 0 Å². The van der Waals surface area contributed by atoms with Crippen LogP contribution in [0.25, 0.3) is 0 Å². The Balaban J connectivity index is 1.55. The fraction of sp³-hybridized carbons (Fsp3) is 0.857. The van der Waals surface area contributed by atoms with E-state index in [2.05, 4.69) is 18.7 Å². The minimum absolute atomic E-state index is 0.102. The fourth-order valence-electron chi connectivity index (χ4n) is 3.63. The zero-order valence-corrected chi connectivity index (χ0v) is 12.7. The molecule has 0 aromatic heterocycles. The first-order valence-electron chi connectivity index (χ1n) is 7.76. The van der Waals surface area contributed by atoms with E-state index in [4.69, 9.17) is 5.11 Å². The van der Waals surface area contributed by atoms with Crippen LogP contribution in [0.4, 0.5) is 9.59 Å². The highest BCUT2D eigenvalue weighted by molar-refractivity contribution is 5.77. The van der Waals surface area contributed by atoms with Gasteiger partial charge >= 0.3 is 12.1 Å². The van der Waals surface area contributed by atoms with Gasteiger partial charge in [-0.1, -0.05) is 0 Å². The van der Waals surface area contributed by atoms with E-state index in [1.165, 1.54) is 4.90 Å². The summed E-state index contributed by atoms with van der Waals surface area (Å²) >= 11 is 0. The first-order valence-corrected chi connectivity index (χ1v) is 7.76. The van der Waals surface area contributed by atoms with Crippen molar-refractivity contribution in [2.75, 3.05) is 39.3 Å². The number of piperidine rings is 1. The Morgan fingerprint density at radius 1 is 1.00 bits per heavy atom. The van der Waals surface area contributed by atoms with Crippen LogP contribution < -0.4 is 0 Å². The molecule has 0 spiro atoms. The average molecular weight is 296 g/mol. The number of piperazine rings is 2. The predicted octanol–water partition coefficient (Wildman–Crippen LogP) is 0.569. The van der Waals surface area contributed by atoms with Crippen LogP contribution in [-0.4, -0.2) is 94.2 Å². The maximum atomic E-state index is 12.6. The van der Waals surface area contributed by atoms with Gasteiger partial charge in [0.05, 0.1) is 0 Å². The summed E-state index contributed by atoms with van der Waals surface area (Å²) in [4.78, 5) is 31.2. The lowest BCUT2D eigenvalue weighted by atomic mass is 9.87. The SMILES string of the molecule is CC(C)N1CC2CC(C1)N2C(=O)N1CCN(C(=O)O)CC1. The molecule has 21 heavy (non-hydrogen) atoms. The van der Waals surface area contributed by atoms with Gasteiger partial charge in [0.2, 0.25) is 0 Å². The number of carboxylic acid groups (broad SMARTS) is 1. The van der Waals surface area contributed by atoms with E-state index < -0.39 is 6.09 Å². The van der Waals surface area contributed by atoms with Crippen molar-refractivity contribution in [2.24, 2.45) is 0 Å². The van der Waals surface area contributed by atoms with Crippen LogP contribution in [0.5, 0.6) is 0 Å². The molecular weight excluding hydrogens is 272 g/mol. The van der Waals surface area contributed by atoms with Crippen molar-refractivity contribution >= 4 is 12.1 Å². The zero-order valence-electron chi connectivity index (χ0n) is 12.7. The van der Waals surface area contributed by atoms with Crippen molar-refractivity contribution in [1.29, 1.82) is 0 Å². The van der Waals surface area contributed by atoms with Gasteiger partial charge in [-0.05, 0) is 20.3 Å². The molecule has 0 aromatic carbocycles. The van der Waals surface area contributed by atoms with Gasteiger partial charge in [0.25, 0.3) is 0 Å². The van der Waals surface area contributed by atoms with Gasteiger partial charge in [-0.15, -0.1) is 0 Å². The lowest BCUT2D eigenvalue weighted by Gasteiger charge is -2.58. The van der Waals surface area contributed by atoms with E-state index in [0.717, 1.165) is 19.5 Å². The van der Waals surface area contributed by atoms with Crippen LogP contribution in [-0.2, 0) is 0 Å². The first-order chi connectivity index (χ1) is 9.97. The normalized spacial score (nSPS) is 29.6. The Morgan fingerprint density at radius 3 is 2.00 bits per heavy atom. The summed E-state index contributed by atoms with van der Waals surface area (Å²) in [5.41, 5.74) is 0. The summed E-state index contributed by atoms with van der Waals surface area (Å²) < 4.78 is 0. The van der Waals surface area contributed by atoms with E-state index in [9.17, 15) is 9.59 Å². The van der Waals surface area contributed by atoms with Crippen molar-refractivity contribution in [3.05, 3.63) is 0 Å². The van der Waals surface area contributed by atoms with E-state index in [-0.39, 0.29) is 6.03 Å². The highest BCUT2D eigenvalue weighted by Crippen LogP contribution is 2.34. The third-order valence-electron chi connectivity index (χ3n) is 4.99. The van der Waals surface area contributed by atoms with E-state index >= 15 is 0 Å². The van der Waals surface area contributed by atoms with E-state index in [1.807, 2.05) is 9.80 Å².